The number of thioether (sulfide) groups is 1. The number of para-hydroxylation sites is 1. The first-order valence-electron chi connectivity index (χ1n) is 8.86. The predicted molar refractivity (Wildman–Crippen MR) is 116 cm³/mol. The number of carbonyl (C=O) groups excluding carboxylic acids is 1. The van der Waals surface area contributed by atoms with Gasteiger partial charge in [0.1, 0.15) is 6.33 Å². The number of benzene rings is 1. The number of thiophene rings is 1. The number of halogens is 1. The number of nitrogens with zero attached hydrogens (tertiary/aromatic N) is 4. The van der Waals surface area contributed by atoms with Crippen molar-refractivity contribution < 1.29 is 4.79 Å². The van der Waals surface area contributed by atoms with E-state index in [-0.39, 0.29) is 11.7 Å². The molecule has 0 aliphatic rings. The quantitative estimate of drug-likeness (QED) is 0.358. The fourth-order valence-corrected chi connectivity index (χ4v) is 4.71. The average Bonchev–Trinajstić information content (AvgIpc) is 3.34. The Bertz CT molecular complexity index is 953. The van der Waals surface area contributed by atoms with E-state index in [0.717, 1.165) is 21.3 Å². The fraction of sp³-hybridized carbons (Fsp3) is 0.250. The van der Waals surface area contributed by atoms with Crippen molar-refractivity contribution in [3.63, 3.8) is 0 Å². The van der Waals surface area contributed by atoms with E-state index in [9.17, 15) is 4.79 Å². The van der Waals surface area contributed by atoms with E-state index in [1.807, 2.05) is 34.9 Å². The van der Waals surface area contributed by atoms with Crippen LogP contribution in [0.25, 0.3) is 5.69 Å². The van der Waals surface area contributed by atoms with Crippen LogP contribution in [-0.4, -0.2) is 37.9 Å². The van der Waals surface area contributed by atoms with Gasteiger partial charge in [0.05, 0.1) is 22.3 Å². The van der Waals surface area contributed by atoms with E-state index in [2.05, 4.69) is 29.8 Å². The third-order valence-electron chi connectivity index (χ3n) is 4.15. The van der Waals surface area contributed by atoms with Gasteiger partial charge in [-0.25, -0.2) is 0 Å². The van der Waals surface area contributed by atoms with Gasteiger partial charge < -0.3 is 4.90 Å². The first-order chi connectivity index (χ1) is 13.6. The molecule has 0 radical (unpaired) electrons. The minimum Gasteiger partial charge on any atom is -0.333 e. The normalized spacial score (nSPS) is 10.8. The molecule has 8 heteroatoms. The van der Waals surface area contributed by atoms with Crippen LogP contribution in [0.5, 0.6) is 0 Å². The number of carbonyl (C=O) groups is 1. The Morgan fingerprint density at radius 2 is 2.18 bits per heavy atom. The zero-order valence-corrected chi connectivity index (χ0v) is 17.9. The molecule has 2 aromatic heterocycles. The van der Waals surface area contributed by atoms with Crippen molar-refractivity contribution in [2.75, 3.05) is 12.3 Å². The lowest BCUT2D eigenvalue weighted by Crippen LogP contribution is -2.31. The van der Waals surface area contributed by atoms with Crippen LogP contribution >= 0.6 is 34.7 Å². The molecule has 0 fully saturated rings. The standard InChI is InChI=1S/C20H21ClN4OS2/c1-3-11-24(12-16-9-10-18(21)28-16)19(26)13-27-20-23-22-14-25(20)17-8-6-5-7-15(17)4-2/h3,5-10,14H,1,4,11-13H2,2H3. The molecule has 2 heterocycles. The molecule has 0 spiro atoms. The van der Waals surface area contributed by atoms with Crippen molar-refractivity contribution >= 4 is 40.6 Å². The smallest absolute Gasteiger partial charge is 0.233 e. The second kappa shape index (κ2) is 9.91. The van der Waals surface area contributed by atoms with Gasteiger partial charge >= 0.3 is 0 Å². The Hall–Kier alpha value is -2.09. The first kappa shape index (κ1) is 20.6. The molecule has 0 N–H and O–H groups in total. The van der Waals surface area contributed by atoms with Gasteiger partial charge in [0, 0.05) is 11.4 Å². The fourth-order valence-electron chi connectivity index (χ4n) is 2.79. The Labute approximate surface area is 178 Å². The Kier molecular flexibility index (Phi) is 7.30. The van der Waals surface area contributed by atoms with Crippen molar-refractivity contribution in [1.29, 1.82) is 0 Å². The van der Waals surface area contributed by atoms with E-state index in [0.29, 0.717) is 18.2 Å². The maximum atomic E-state index is 12.8. The lowest BCUT2D eigenvalue weighted by atomic mass is 10.1. The monoisotopic (exact) mass is 432 g/mol. The van der Waals surface area contributed by atoms with Crippen molar-refractivity contribution in [2.45, 2.75) is 25.0 Å². The molecule has 0 bridgehead atoms. The minimum atomic E-state index is 0.0211. The summed E-state index contributed by atoms with van der Waals surface area (Å²) in [6.07, 6.45) is 4.34. The molecule has 5 nitrogen and oxygen atoms in total. The number of rotatable bonds is 9. The third-order valence-corrected chi connectivity index (χ3v) is 6.29. The van der Waals surface area contributed by atoms with Crippen molar-refractivity contribution in [3.8, 4) is 5.69 Å². The SMILES string of the molecule is C=CCN(Cc1ccc(Cl)s1)C(=O)CSc1nncn1-c1ccccc1CC. The van der Waals surface area contributed by atoms with Crippen LogP contribution in [0.1, 0.15) is 17.4 Å². The first-order valence-corrected chi connectivity index (χ1v) is 11.0. The lowest BCUT2D eigenvalue weighted by Gasteiger charge is -2.20. The zero-order valence-electron chi connectivity index (χ0n) is 15.5. The molecule has 3 rings (SSSR count). The highest BCUT2D eigenvalue weighted by Gasteiger charge is 2.17. The Morgan fingerprint density at radius 3 is 2.89 bits per heavy atom. The summed E-state index contributed by atoms with van der Waals surface area (Å²) in [6.45, 7) is 6.89. The molecule has 0 unspecified atom stereocenters. The minimum absolute atomic E-state index is 0.0211. The summed E-state index contributed by atoms with van der Waals surface area (Å²) in [6, 6.07) is 11.9. The molecular formula is C20H21ClN4OS2. The second-order valence-corrected chi connectivity index (χ2v) is 8.77. The number of aryl methyl sites for hydroxylation is 1. The lowest BCUT2D eigenvalue weighted by molar-refractivity contribution is -0.128. The number of aromatic nitrogens is 3. The summed E-state index contributed by atoms with van der Waals surface area (Å²) < 4.78 is 2.66. The van der Waals surface area contributed by atoms with Gasteiger partial charge in [0.25, 0.3) is 0 Å². The molecule has 1 amide bonds. The number of hydrogen-bond acceptors (Lipinski definition) is 5. The molecule has 1 aromatic carbocycles. The van der Waals surface area contributed by atoms with Gasteiger partial charge in [-0.05, 0) is 30.2 Å². The van der Waals surface area contributed by atoms with Crippen molar-refractivity contribution in [1.82, 2.24) is 19.7 Å². The number of amides is 1. The van der Waals surface area contributed by atoms with Gasteiger partial charge in [-0.2, -0.15) is 0 Å². The van der Waals surface area contributed by atoms with Crippen LogP contribution in [0.15, 0.2) is 60.5 Å². The topological polar surface area (TPSA) is 51.0 Å². The molecule has 146 valence electrons. The molecular weight excluding hydrogens is 412 g/mol. The Morgan fingerprint density at radius 1 is 1.36 bits per heavy atom. The van der Waals surface area contributed by atoms with Gasteiger partial charge in [-0.15, -0.1) is 28.1 Å². The summed E-state index contributed by atoms with van der Waals surface area (Å²) >= 11 is 8.87. The van der Waals surface area contributed by atoms with Gasteiger partial charge in [0.15, 0.2) is 5.16 Å². The largest absolute Gasteiger partial charge is 0.333 e. The van der Waals surface area contributed by atoms with Gasteiger partial charge in [-0.3, -0.25) is 9.36 Å². The van der Waals surface area contributed by atoms with Crippen LogP contribution in [0.2, 0.25) is 4.34 Å². The highest BCUT2D eigenvalue weighted by Crippen LogP contribution is 2.25. The zero-order chi connectivity index (χ0) is 19.9. The van der Waals surface area contributed by atoms with E-state index in [1.54, 1.807) is 17.3 Å². The van der Waals surface area contributed by atoms with Crippen molar-refractivity contribution in [2.24, 2.45) is 0 Å². The van der Waals surface area contributed by atoms with Crippen LogP contribution < -0.4 is 0 Å². The molecule has 0 atom stereocenters. The average molecular weight is 433 g/mol. The molecule has 0 saturated heterocycles. The summed E-state index contributed by atoms with van der Waals surface area (Å²) in [7, 11) is 0. The van der Waals surface area contributed by atoms with Crippen LogP contribution in [0.3, 0.4) is 0 Å². The molecule has 0 aliphatic heterocycles. The molecule has 3 aromatic rings. The maximum absolute atomic E-state index is 12.8. The molecule has 28 heavy (non-hydrogen) atoms. The van der Waals surface area contributed by atoms with Gasteiger partial charge in [-0.1, -0.05) is 54.6 Å². The summed E-state index contributed by atoms with van der Waals surface area (Å²) in [5.74, 6) is 0.299. The highest BCUT2D eigenvalue weighted by atomic mass is 35.5. The summed E-state index contributed by atoms with van der Waals surface area (Å²) in [4.78, 5) is 15.6. The van der Waals surface area contributed by atoms with Crippen LogP contribution in [0.4, 0.5) is 0 Å². The molecule has 0 saturated carbocycles. The highest BCUT2D eigenvalue weighted by molar-refractivity contribution is 7.99. The van der Waals surface area contributed by atoms with E-state index in [4.69, 9.17) is 11.6 Å². The van der Waals surface area contributed by atoms with Crippen molar-refractivity contribution in [3.05, 3.63) is 70.2 Å². The summed E-state index contributed by atoms with van der Waals surface area (Å²) in [5.41, 5.74) is 2.25. The van der Waals surface area contributed by atoms with E-state index in [1.165, 1.54) is 28.7 Å². The number of hydrogen-bond donors (Lipinski definition) is 0. The van der Waals surface area contributed by atoms with E-state index >= 15 is 0 Å². The van der Waals surface area contributed by atoms with E-state index < -0.39 is 0 Å². The predicted octanol–water partition coefficient (Wildman–Crippen LogP) is 4.85. The Balaban J connectivity index is 1.70. The molecule has 0 aliphatic carbocycles. The van der Waals surface area contributed by atoms with Crippen LogP contribution in [-0.2, 0) is 17.8 Å². The van der Waals surface area contributed by atoms with Gasteiger partial charge in [0.2, 0.25) is 5.91 Å². The summed E-state index contributed by atoms with van der Waals surface area (Å²) in [5, 5.41) is 8.94. The second-order valence-electron chi connectivity index (χ2n) is 6.02. The van der Waals surface area contributed by atoms with Crippen LogP contribution in [0, 0.1) is 0 Å². The third kappa shape index (κ3) is 5.04. The maximum Gasteiger partial charge on any atom is 0.233 e.